The predicted molar refractivity (Wildman–Crippen MR) is 108 cm³/mol. The average Bonchev–Trinajstić information content (AvgIpc) is 3.35. The molecule has 0 aliphatic heterocycles. The van der Waals surface area contributed by atoms with Crippen molar-refractivity contribution in [3.05, 3.63) is 87.5 Å². The van der Waals surface area contributed by atoms with Crippen LogP contribution in [0.25, 0.3) is 11.6 Å². The zero-order chi connectivity index (χ0) is 18.6. The molecule has 0 spiro atoms. The van der Waals surface area contributed by atoms with Crippen LogP contribution in [0.1, 0.15) is 21.8 Å². The molecule has 0 aliphatic carbocycles. The van der Waals surface area contributed by atoms with Gasteiger partial charge in [-0.2, -0.15) is 4.98 Å². The Labute approximate surface area is 168 Å². The zero-order valence-electron chi connectivity index (χ0n) is 14.1. The topological polar surface area (TPSA) is 81.2 Å². The number of carbonyl (C=O) groups excluding carboxylic acids is 1. The molecule has 27 heavy (non-hydrogen) atoms. The summed E-state index contributed by atoms with van der Waals surface area (Å²) in [6.45, 7) is 0. The smallest absolute Gasteiger partial charge is 0.255 e. The molecule has 0 aliphatic rings. The van der Waals surface area contributed by atoms with Crippen molar-refractivity contribution < 1.29 is 13.7 Å². The van der Waals surface area contributed by atoms with Gasteiger partial charge in [0, 0.05) is 14.8 Å². The van der Waals surface area contributed by atoms with Crippen molar-refractivity contribution in [2.75, 3.05) is 5.32 Å². The lowest BCUT2D eigenvalue weighted by atomic mass is 10.1. The first kappa shape index (κ1) is 17.5. The van der Waals surface area contributed by atoms with Crippen molar-refractivity contribution in [1.29, 1.82) is 0 Å². The Morgan fingerprint density at radius 2 is 1.85 bits per heavy atom. The van der Waals surface area contributed by atoms with Crippen LogP contribution < -0.4 is 5.32 Å². The van der Waals surface area contributed by atoms with Crippen LogP contribution in [0.3, 0.4) is 0 Å². The molecule has 0 unspecified atom stereocenters. The molecule has 0 fully saturated rings. The molecule has 4 rings (SSSR count). The Kier molecular flexibility index (Phi) is 5.01. The number of amides is 1. The molecule has 1 amide bonds. The predicted octanol–water partition coefficient (Wildman–Crippen LogP) is 4.78. The van der Waals surface area contributed by atoms with E-state index in [-0.39, 0.29) is 5.91 Å². The molecule has 0 atom stereocenters. The van der Waals surface area contributed by atoms with Crippen molar-refractivity contribution in [2.24, 2.45) is 0 Å². The summed E-state index contributed by atoms with van der Waals surface area (Å²) in [5.41, 5.74) is 2.19. The first-order chi connectivity index (χ1) is 13.2. The van der Waals surface area contributed by atoms with E-state index < -0.39 is 0 Å². The standard InChI is InChI=1S/C20H14IN3O3/c21-15-9-7-13(8-10-15)20(25)22-16-5-2-1-4-14(16)12-18-23-19(24-27-18)17-6-3-11-26-17/h1-11H,12H2,(H,22,25). The number of rotatable bonds is 5. The number of aromatic nitrogens is 2. The van der Waals surface area contributed by atoms with E-state index in [2.05, 4.69) is 38.0 Å². The van der Waals surface area contributed by atoms with Gasteiger partial charge in [0.2, 0.25) is 11.7 Å². The normalized spacial score (nSPS) is 10.7. The second-order valence-electron chi connectivity index (χ2n) is 5.78. The van der Waals surface area contributed by atoms with Crippen LogP contribution in [0, 0.1) is 3.57 Å². The summed E-state index contributed by atoms with van der Waals surface area (Å²) in [6.07, 6.45) is 1.96. The molecular weight excluding hydrogens is 457 g/mol. The molecule has 0 radical (unpaired) electrons. The van der Waals surface area contributed by atoms with E-state index >= 15 is 0 Å². The number of furan rings is 1. The highest BCUT2D eigenvalue weighted by molar-refractivity contribution is 14.1. The van der Waals surface area contributed by atoms with Gasteiger partial charge in [0.25, 0.3) is 5.91 Å². The summed E-state index contributed by atoms with van der Waals surface area (Å²) < 4.78 is 11.7. The van der Waals surface area contributed by atoms with Gasteiger partial charge < -0.3 is 14.3 Å². The van der Waals surface area contributed by atoms with Gasteiger partial charge >= 0.3 is 0 Å². The number of nitrogens with zero attached hydrogens (tertiary/aromatic N) is 2. The first-order valence-electron chi connectivity index (χ1n) is 8.20. The van der Waals surface area contributed by atoms with Crippen LogP contribution in [0.15, 0.2) is 75.9 Å². The number of nitrogens with one attached hydrogen (secondary N) is 1. The second-order valence-corrected chi connectivity index (χ2v) is 7.03. The molecule has 2 aromatic heterocycles. The quantitative estimate of drug-likeness (QED) is 0.424. The monoisotopic (exact) mass is 471 g/mol. The van der Waals surface area contributed by atoms with E-state index in [4.69, 9.17) is 8.94 Å². The molecule has 4 aromatic rings. The minimum Gasteiger partial charge on any atom is -0.461 e. The lowest BCUT2D eigenvalue weighted by molar-refractivity contribution is 0.102. The van der Waals surface area contributed by atoms with Gasteiger partial charge in [0.15, 0.2) is 5.76 Å². The van der Waals surface area contributed by atoms with Gasteiger partial charge in [-0.15, -0.1) is 0 Å². The van der Waals surface area contributed by atoms with Gasteiger partial charge in [-0.3, -0.25) is 4.79 Å². The van der Waals surface area contributed by atoms with Crippen LogP contribution in [0.2, 0.25) is 0 Å². The van der Waals surface area contributed by atoms with Gasteiger partial charge in [-0.05, 0) is 70.6 Å². The Hall–Kier alpha value is -2.94. The Morgan fingerprint density at radius 1 is 1.04 bits per heavy atom. The maximum atomic E-state index is 12.5. The van der Waals surface area contributed by atoms with Crippen molar-refractivity contribution in [3.8, 4) is 11.6 Å². The van der Waals surface area contributed by atoms with Crippen molar-refractivity contribution in [3.63, 3.8) is 0 Å². The number of hydrogen-bond donors (Lipinski definition) is 1. The Balaban J connectivity index is 1.53. The molecule has 0 saturated carbocycles. The zero-order valence-corrected chi connectivity index (χ0v) is 16.2. The number of para-hydroxylation sites is 1. The number of carbonyl (C=O) groups is 1. The Bertz CT molecular complexity index is 1060. The second kappa shape index (κ2) is 7.75. The molecule has 7 heteroatoms. The maximum Gasteiger partial charge on any atom is 0.255 e. The van der Waals surface area contributed by atoms with E-state index in [9.17, 15) is 4.79 Å². The maximum absolute atomic E-state index is 12.5. The van der Waals surface area contributed by atoms with Crippen molar-refractivity contribution in [2.45, 2.75) is 6.42 Å². The molecule has 0 saturated heterocycles. The fourth-order valence-electron chi connectivity index (χ4n) is 2.59. The molecule has 6 nitrogen and oxygen atoms in total. The number of benzene rings is 2. The van der Waals surface area contributed by atoms with Crippen LogP contribution in [0.5, 0.6) is 0 Å². The van der Waals surface area contributed by atoms with Gasteiger partial charge in [-0.1, -0.05) is 23.4 Å². The number of halogens is 1. The van der Waals surface area contributed by atoms with Crippen molar-refractivity contribution >= 4 is 34.2 Å². The summed E-state index contributed by atoms with van der Waals surface area (Å²) in [6, 6.07) is 18.5. The molecular formula is C20H14IN3O3. The third kappa shape index (κ3) is 4.08. The lowest BCUT2D eigenvalue weighted by Crippen LogP contribution is -2.13. The molecule has 2 heterocycles. The minimum atomic E-state index is -0.166. The van der Waals surface area contributed by atoms with Crippen LogP contribution in [-0.4, -0.2) is 16.0 Å². The average molecular weight is 471 g/mol. The Morgan fingerprint density at radius 3 is 2.63 bits per heavy atom. The van der Waals surface area contributed by atoms with Gasteiger partial charge in [-0.25, -0.2) is 0 Å². The van der Waals surface area contributed by atoms with Gasteiger partial charge in [0.1, 0.15) is 0 Å². The summed E-state index contributed by atoms with van der Waals surface area (Å²) in [5, 5.41) is 6.88. The van der Waals surface area contributed by atoms with E-state index in [1.807, 2.05) is 36.4 Å². The highest BCUT2D eigenvalue weighted by atomic mass is 127. The first-order valence-corrected chi connectivity index (χ1v) is 9.28. The van der Waals surface area contributed by atoms with Crippen molar-refractivity contribution in [1.82, 2.24) is 10.1 Å². The molecule has 0 bridgehead atoms. The minimum absolute atomic E-state index is 0.166. The van der Waals surface area contributed by atoms with Crippen LogP contribution in [0.4, 0.5) is 5.69 Å². The molecule has 1 N–H and O–H groups in total. The summed E-state index contributed by atoms with van der Waals surface area (Å²) in [4.78, 5) is 16.9. The fourth-order valence-corrected chi connectivity index (χ4v) is 2.95. The number of hydrogen-bond acceptors (Lipinski definition) is 5. The fraction of sp³-hybridized carbons (Fsp3) is 0.0500. The van der Waals surface area contributed by atoms with Crippen LogP contribution in [-0.2, 0) is 6.42 Å². The van der Waals surface area contributed by atoms with E-state index in [1.165, 1.54) is 0 Å². The third-order valence-corrected chi connectivity index (χ3v) is 4.64. The summed E-state index contributed by atoms with van der Waals surface area (Å²) in [7, 11) is 0. The summed E-state index contributed by atoms with van der Waals surface area (Å²) >= 11 is 2.21. The van der Waals surface area contributed by atoms with E-state index in [1.54, 1.807) is 30.5 Å². The largest absolute Gasteiger partial charge is 0.461 e. The SMILES string of the molecule is O=C(Nc1ccccc1Cc1nc(-c2ccco2)no1)c1ccc(I)cc1. The highest BCUT2D eigenvalue weighted by Gasteiger charge is 2.14. The lowest BCUT2D eigenvalue weighted by Gasteiger charge is -2.10. The van der Waals surface area contributed by atoms with Gasteiger partial charge in [0.05, 0.1) is 12.7 Å². The highest BCUT2D eigenvalue weighted by Crippen LogP contribution is 2.22. The van der Waals surface area contributed by atoms with E-state index in [0.29, 0.717) is 35.1 Å². The number of anilines is 1. The van der Waals surface area contributed by atoms with E-state index in [0.717, 1.165) is 9.13 Å². The molecule has 134 valence electrons. The third-order valence-electron chi connectivity index (χ3n) is 3.92. The molecule has 2 aromatic carbocycles. The summed E-state index contributed by atoms with van der Waals surface area (Å²) in [5.74, 6) is 1.22. The van der Waals surface area contributed by atoms with Crippen LogP contribution >= 0.6 is 22.6 Å².